The largest absolute Gasteiger partial charge is 0.489 e. The molecule has 0 fully saturated rings. The fourth-order valence-corrected chi connectivity index (χ4v) is 2.66. The molecule has 0 atom stereocenters. The molecule has 0 amide bonds. The van der Waals surface area contributed by atoms with Gasteiger partial charge in [0.2, 0.25) is 0 Å². The SMILES string of the molecule is C(=Nc1ccc2cc[nH]c2c1)c1ccc(OCc2ccccc2)cc1. The fourth-order valence-electron chi connectivity index (χ4n) is 2.66. The highest BCUT2D eigenvalue weighted by molar-refractivity contribution is 5.86. The van der Waals surface area contributed by atoms with E-state index in [4.69, 9.17) is 4.74 Å². The molecule has 0 radical (unpaired) electrons. The van der Waals surface area contributed by atoms with Gasteiger partial charge in [-0.2, -0.15) is 0 Å². The summed E-state index contributed by atoms with van der Waals surface area (Å²) in [4.78, 5) is 7.75. The van der Waals surface area contributed by atoms with E-state index in [1.807, 2.05) is 67.0 Å². The van der Waals surface area contributed by atoms with Crippen molar-refractivity contribution in [3.05, 3.63) is 96.2 Å². The number of hydrogen-bond donors (Lipinski definition) is 1. The molecule has 4 rings (SSSR count). The maximum atomic E-state index is 5.80. The maximum absolute atomic E-state index is 5.80. The van der Waals surface area contributed by atoms with Crippen LogP contribution in [0.4, 0.5) is 5.69 Å². The Kier molecular flexibility index (Phi) is 4.29. The molecule has 1 aromatic heterocycles. The predicted octanol–water partition coefficient (Wildman–Crippen LogP) is 5.50. The zero-order chi connectivity index (χ0) is 16.9. The van der Waals surface area contributed by atoms with Crippen LogP contribution in [0.25, 0.3) is 10.9 Å². The number of rotatable bonds is 5. The van der Waals surface area contributed by atoms with Crippen molar-refractivity contribution in [3.63, 3.8) is 0 Å². The third kappa shape index (κ3) is 3.78. The number of H-pyrrole nitrogens is 1. The van der Waals surface area contributed by atoms with Gasteiger partial charge >= 0.3 is 0 Å². The van der Waals surface area contributed by atoms with Crippen LogP contribution >= 0.6 is 0 Å². The molecule has 0 spiro atoms. The summed E-state index contributed by atoms with van der Waals surface area (Å²) < 4.78 is 5.80. The number of fused-ring (bicyclic) bond motifs is 1. The summed E-state index contributed by atoms with van der Waals surface area (Å²) in [5, 5.41) is 1.19. The van der Waals surface area contributed by atoms with Crippen molar-refractivity contribution in [2.45, 2.75) is 6.61 Å². The van der Waals surface area contributed by atoms with Gasteiger partial charge in [0.05, 0.1) is 5.69 Å². The molecule has 1 heterocycles. The molecule has 3 nitrogen and oxygen atoms in total. The Morgan fingerprint density at radius 1 is 0.880 bits per heavy atom. The van der Waals surface area contributed by atoms with E-state index in [0.717, 1.165) is 28.1 Å². The summed E-state index contributed by atoms with van der Waals surface area (Å²) in [5.41, 5.74) is 4.23. The Morgan fingerprint density at radius 2 is 1.72 bits per heavy atom. The number of aromatic nitrogens is 1. The van der Waals surface area contributed by atoms with Gasteiger partial charge in [-0.1, -0.05) is 36.4 Å². The molecule has 122 valence electrons. The minimum Gasteiger partial charge on any atom is -0.489 e. The number of nitrogens with one attached hydrogen (secondary N) is 1. The highest BCUT2D eigenvalue weighted by atomic mass is 16.5. The standard InChI is InChI=1S/C22H18N2O/c1-2-4-18(5-3-1)16-25-21-10-6-17(7-11-21)15-24-20-9-8-19-12-13-23-22(19)14-20/h1-15,23H,16H2. The molecule has 0 aliphatic heterocycles. The lowest BCUT2D eigenvalue weighted by molar-refractivity contribution is 0.306. The number of aliphatic imine (C=N–C) groups is 1. The lowest BCUT2D eigenvalue weighted by atomic mass is 10.2. The first-order valence-corrected chi connectivity index (χ1v) is 8.25. The molecule has 0 saturated heterocycles. The number of ether oxygens (including phenoxy) is 1. The smallest absolute Gasteiger partial charge is 0.119 e. The van der Waals surface area contributed by atoms with Crippen LogP contribution in [-0.4, -0.2) is 11.2 Å². The van der Waals surface area contributed by atoms with E-state index >= 15 is 0 Å². The lowest BCUT2D eigenvalue weighted by Crippen LogP contribution is -1.94. The summed E-state index contributed by atoms with van der Waals surface area (Å²) in [7, 11) is 0. The van der Waals surface area contributed by atoms with E-state index in [2.05, 4.69) is 34.2 Å². The minimum atomic E-state index is 0.574. The van der Waals surface area contributed by atoms with Gasteiger partial charge in [0.25, 0.3) is 0 Å². The number of hydrogen-bond acceptors (Lipinski definition) is 2. The Bertz CT molecular complexity index is 985. The van der Waals surface area contributed by atoms with Gasteiger partial charge in [-0.25, -0.2) is 0 Å². The van der Waals surface area contributed by atoms with Crippen LogP contribution in [0.5, 0.6) is 5.75 Å². The topological polar surface area (TPSA) is 37.4 Å². The van der Waals surface area contributed by atoms with Crippen molar-refractivity contribution in [2.75, 3.05) is 0 Å². The summed E-state index contributed by atoms with van der Waals surface area (Å²) >= 11 is 0. The average Bonchev–Trinajstić information content (AvgIpc) is 3.14. The summed E-state index contributed by atoms with van der Waals surface area (Å²) in [6, 6.07) is 26.3. The summed E-state index contributed by atoms with van der Waals surface area (Å²) in [5.74, 6) is 0.855. The zero-order valence-electron chi connectivity index (χ0n) is 13.7. The molecular formula is C22H18N2O. The Labute approximate surface area is 146 Å². The van der Waals surface area contributed by atoms with Crippen LogP contribution in [0.15, 0.2) is 90.1 Å². The number of nitrogens with zero attached hydrogens (tertiary/aromatic N) is 1. The van der Waals surface area contributed by atoms with E-state index in [-0.39, 0.29) is 0 Å². The highest BCUT2D eigenvalue weighted by Crippen LogP contribution is 2.20. The molecule has 0 aliphatic rings. The van der Waals surface area contributed by atoms with Crippen molar-refractivity contribution < 1.29 is 4.74 Å². The van der Waals surface area contributed by atoms with Crippen molar-refractivity contribution in [2.24, 2.45) is 4.99 Å². The third-order valence-electron chi connectivity index (χ3n) is 4.03. The van der Waals surface area contributed by atoms with Gasteiger partial charge in [0.1, 0.15) is 12.4 Å². The normalized spacial score (nSPS) is 11.2. The zero-order valence-corrected chi connectivity index (χ0v) is 13.7. The second kappa shape index (κ2) is 7.05. The van der Waals surface area contributed by atoms with Crippen molar-refractivity contribution in [1.82, 2.24) is 4.98 Å². The first kappa shape index (κ1) is 15.2. The van der Waals surface area contributed by atoms with Crippen LogP contribution in [-0.2, 0) is 6.61 Å². The molecule has 1 N–H and O–H groups in total. The van der Waals surface area contributed by atoms with Crippen LogP contribution in [0.2, 0.25) is 0 Å². The second-order valence-corrected chi connectivity index (χ2v) is 5.85. The van der Waals surface area contributed by atoms with Crippen molar-refractivity contribution in [3.8, 4) is 5.75 Å². The Hall–Kier alpha value is -3.33. The molecule has 0 unspecified atom stereocenters. The third-order valence-corrected chi connectivity index (χ3v) is 4.03. The van der Waals surface area contributed by atoms with E-state index in [1.54, 1.807) is 0 Å². The molecule has 0 bridgehead atoms. The maximum Gasteiger partial charge on any atom is 0.119 e. The van der Waals surface area contributed by atoms with Gasteiger partial charge < -0.3 is 9.72 Å². The van der Waals surface area contributed by atoms with Gasteiger partial charge in [0, 0.05) is 17.9 Å². The molecule has 0 saturated carbocycles. The van der Waals surface area contributed by atoms with Crippen molar-refractivity contribution >= 4 is 22.8 Å². The second-order valence-electron chi connectivity index (χ2n) is 5.85. The Morgan fingerprint density at radius 3 is 2.56 bits per heavy atom. The molecule has 3 heteroatoms. The van der Waals surface area contributed by atoms with Crippen LogP contribution < -0.4 is 4.74 Å². The molecule has 0 aliphatic carbocycles. The monoisotopic (exact) mass is 326 g/mol. The number of benzene rings is 3. The summed E-state index contributed by atoms with van der Waals surface area (Å²) in [6.45, 7) is 0.574. The first-order chi connectivity index (χ1) is 12.4. The van der Waals surface area contributed by atoms with Crippen LogP contribution in [0.3, 0.4) is 0 Å². The van der Waals surface area contributed by atoms with E-state index in [1.165, 1.54) is 5.39 Å². The molecule has 4 aromatic rings. The molecular weight excluding hydrogens is 308 g/mol. The highest BCUT2D eigenvalue weighted by Gasteiger charge is 1.97. The first-order valence-electron chi connectivity index (χ1n) is 8.25. The number of aromatic amines is 1. The van der Waals surface area contributed by atoms with E-state index in [9.17, 15) is 0 Å². The molecule has 3 aromatic carbocycles. The van der Waals surface area contributed by atoms with E-state index in [0.29, 0.717) is 6.61 Å². The fraction of sp³-hybridized carbons (Fsp3) is 0.0455. The van der Waals surface area contributed by atoms with Crippen molar-refractivity contribution in [1.29, 1.82) is 0 Å². The van der Waals surface area contributed by atoms with Crippen LogP contribution in [0, 0.1) is 0 Å². The predicted molar refractivity (Wildman–Crippen MR) is 103 cm³/mol. The van der Waals surface area contributed by atoms with Gasteiger partial charge in [-0.3, -0.25) is 4.99 Å². The summed E-state index contributed by atoms with van der Waals surface area (Å²) in [6.07, 6.45) is 3.80. The molecule has 25 heavy (non-hydrogen) atoms. The quantitative estimate of drug-likeness (QED) is 0.483. The van der Waals surface area contributed by atoms with Crippen LogP contribution in [0.1, 0.15) is 11.1 Å². The minimum absolute atomic E-state index is 0.574. The van der Waals surface area contributed by atoms with E-state index < -0.39 is 0 Å². The lowest BCUT2D eigenvalue weighted by Gasteiger charge is -2.06. The average molecular weight is 326 g/mol. The van der Waals surface area contributed by atoms with Gasteiger partial charge in [0.15, 0.2) is 0 Å². The van der Waals surface area contributed by atoms with Gasteiger partial charge in [-0.15, -0.1) is 0 Å². The van der Waals surface area contributed by atoms with Gasteiger partial charge in [-0.05, 0) is 59.0 Å². The Balaban J connectivity index is 1.41.